The van der Waals surface area contributed by atoms with Gasteiger partial charge in [-0.2, -0.15) is 5.26 Å². The Hall–Kier alpha value is -2.09. The van der Waals surface area contributed by atoms with Gasteiger partial charge < -0.3 is 10.1 Å². The van der Waals surface area contributed by atoms with E-state index in [4.69, 9.17) is 10.4 Å². The number of carbonyl (C=O) groups is 1. The molecule has 5 nitrogen and oxygen atoms in total. The van der Waals surface area contributed by atoms with Gasteiger partial charge in [-0.1, -0.05) is 0 Å². The van der Waals surface area contributed by atoms with Crippen LogP contribution in [0.15, 0.2) is 10.9 Å². The first-order chi connectivity index (χ1) is 6.06. The Bertz CT molecular complexity index is 453. The molecule has 0 radical (unpaired) electrons. The van der Waals surface area contributed by atoms with Crippen LogP contribution in [0, 0.1) is 18.3 Å². The first kappa shape index (κ1) is 9.00. The van der Waals surface area contributed by atoms with Crippen LogP contribution in [-0.4, -0.2) is 16.1 Å². The van der Waals surface area contributed by atoms with Gasteiger partial charge in [0.15, 0.2) is 0 Å². The van der Waals surface area contributed by atoms with E-state index in [1.165, 1.54) is 6.92 Å². The molecule has 0 spiro atoms. The molecule has 0 bridgehead atoms. The Labute approximate surface area is 73.3 Å². The normalized spacial score (nSPS) is 9.23. The Morgan fingerprint density at radius 2 is 2.31 bits per heavy atom. The fourth-order valence-corrected chi connectivity index (χ4v) is 0.928. The molecular formula is C8H6N2O3. The largest absolute Gasteiger partial charge is 0.478 e. The topological polar surface area (TPSA) is 94.0 Å². The summed E-state index contributed by atoms with van der Waals surface area (Å²) in [5, 5.41) is 17.1. The van der Waals surface area contributed by atoms with E-state index in [0.717, 1.165) is 6.07 Å². The molecule has 0 amide bonds. The number of H-pyrrole nitrogens is 1. The molecule has 0 atom stereocenters. The molecule has 0 fully saturated rings. The summed E-state index contributed by atoms with van der Waals surface area (Å²) in [7, 11) is 0. The minimum absolute atomic E-state index is 0.0591. The van der Waals surface area contributed by atoms with Crippen LogP contribution in [0.2, 0.25) is 0 Å². The molecule has 13 heavy (non-hydrogen) atoms. The van der Waals surface area contributed by atoms with E-state index < -0.39 is 11.5 Å². The lowest BCUT2D eigenvalue weighted by atomic mass is 10.1. The third-order valence-corrected chi connectivity index (χ3v) is 1.59. The minimum Gasteiger partial charge on any atom is -0.478 e. The molecule has 1 rings (SSSR count). The quantitative estimate of drug-likeness (QED) is 0.644. The average Bonchev–Trinajstić information content (AvgIpc) is 2.03. The predicted molar refractivity (Wildman–Crippen MR) is 43.5 cm³/mol. The van der Waals surface area contributed by atoms with Crippen molar-refractivity contribution in [1.29, 1.82) is 5.26 Å². The number of carboxylic acid groups (broad SMARTS) is 1. The first-order valence-corrected chi connectivity index (χ1v) is 3.43. The number of nitrogens with one attached hydrogen (secondary N) is 1. The number of aromatic carboxylic acids is 1. The number of rotatable bonds is 1. The summed E-state index contributed by atoms with van der Waals surface area (Å²) in [6, 6.07) is 2.68. The second-order valence-corrected chi connectivity index (χ2v) is 2.47. The lowest BCUT2D eigenvalue weighted by Crippen LogP contribution is -2.15. The summed E-state index contributed by atoms with van der Waals surface area (Å²) in [5.74, 6) is -1.16. The van der Waals surface area contributed by atoms with Gasteiger partial charge in [-0.15, -0.1) is 0 Å². The Kier molecular flexibility index (Phi) is 2.15. The molecule has 1 heterocycles. The standard InChI is InChI=1S/C8H6N2O3/c1-4-6(8(12)13)2-5(3-9)7(11)10-4/h2H,1H3,(H,10,11)(H,12,13). The van der Waals surface area contributed by atoms with Gasteiger partial charge in [0.25, 0.3) is 5.56 Å². The third kappa shape index (κ3) is 1.56. The van der Waals surface area contributed by atoms with E-state index >= 15 is 0 Å². The van der Waals surface area contributed by atoms with Crippen LogP contribution < -0.4 is 5.56 Å². The van der Waals surface area contributed by atoms with E-state index in [9.17, 15) is 9.59 Å². The summed E-state index contributed by atoms with van der Waals surface area (Å²) in [6.45, 7) is 1.46. The predicted octanol–water partition coefficient (Wildman–Crippen LogP) is 0.253. The van der Waals surface area contributed by atoms with Gasteiger partial charge in [0, 0.05) is 5.69 Å². The Balaban J connectivity index is 3.51. The van der Waals surface area contributed by atoms with E-state index in [1.54, 1.807) is 6.07 Å². The molecule has 5 heteroatoms. The fraction of sp³-hybridized carbons (Fsp3) is 0.125. The van der Waals surface area contributed by atoms with Gasteiger partial charge in [0.1, 0.15) is 11.6 Å². The van der Waals surface area contributed by atoms with Crippen molar-refractivity contribution in [3.63, 3.8) is 0 Å². The third-order valence-electron chi connectivity index (χ3n) is 1.59. The summed E-state index contributed by atoms with van der Waals surface area (Å²) in [6.07, 6.45) is 0. The molecule has 0 aliphatic heterocycles. The van der Waals surface area contributed by atoms with Crippen LogP contribution in [-0.2, 0) is 0 Å². The number of hydrogen-bond donors (Lipinski definition) is 2. The SMILES string of the molecule is Cc1[nH]c(=O)c(C#N)cc1C(=O)O. The molecule has 0 aromatic carbocycles. The van der Waals surface area contributed by atoms with Gasteiger partial charge in [0.05, 0.1) is 5.56 Å². The number of aromatic nitrogens is 1. The molecular weight excluding hydrogens is 172 g/mol. The maximum atomic E-state index is 11.0. The van der Waals surface area contributed by atoms with Crippen molar-refractivity contribution in [3.8, 4) is 6.07 Å². The smallest absolute Gasteiger partial charge is 0.337 e. The maximum absolute atomic E-state index is 11.0. The zero-order valence-electron chi connectivity index (χ0n) is 6.79. The van der Waals surface area contributed by atoms with Gasteiger partial charge in [-0.25, -0.2) is 4.79 Å². The monoisotopic (exact) mass is 178 g/mol. The van der Waals surface area contributed by atoms with Crippen molar-refractivity contribution < 1.29 is 9.90 Å². The molecule has 1 aromatic rings. The van der Waals surface area contributed by atoms with Crippen LogP contribution >= 0.6 is 0 Å². The second kappa shape index (κ2) is 3.11. The lowest BCUT2D eigenvalue weighted by Gasteiger charge is -1.99. The minimum atomic E-state index is -1.16. The van der Waals surface area contributed by atoms with E-state index in [2.05, 4.69) is 4.98 Å². The van der Waals surface area contributed by atoms with Crippen molar-refractivity contribution in [2.45, 2.75) is 6.92 Å². The highest BCUT2D eigenvalue weighted by molar-refractivity contribution is 5.89. The van der Waals surface area contributed by atoms with E-state index in [0.29, 0.717) is 0 Å². The number of carboxylic acids is 1. The van der Waals surface area contributed by atoms with Gasteiger partial charge in [-0.3, -0.25) is 4.79 Å². The number of nitriles is 1. The summed E-state index contributed by atoms with van der Waals surface area (Å²) >= 11 is 0. The average molecular weight is 178 g/mol. The van der Waals surface area contributed by atoms with Gasteiger partial charge in [-0.05, 0) is 13.0 Å². The van der Waals surface area contributed by atoms with Crippen molar-refractivity contribution in [2.75, 3.05) is 0 Å². The van der Waals surface area contributed by atoms with Crippen LogP contribution in [0.5, 0.6) is 0 Å². The Morgan fingerprint density at radius 3 is 2.77 bits per heavy atom. The number of hydrogen-bond acceptors (Lipinski definition) is 3. The maximum Gasteiger partial charge on any atom is 0.337 e. The fourth-order valence-electron chi connectivity index (χ4n) is 0.928. The van der Waals surface area contributed by atoms with Crippen molar-refractivity contribution >= 4 is 5.97 Å². The number of aromatic amines is 1. The summed E-state index contributed by atoms with van der Waals surface area (Å²) < 4.78 is 0. The van der Waals surface area contributed by atoms with Gasteiger partial charge in [0.2, 0.25) is 0 Å². The zero-order valence-corrected chi connectivity index (χ0v) is 6.79. The highest BCUT2D eigenvalue weighted by Gasteiger charge is 2.10. The number of pyridine rings is 1. The molecule has 0 aliphatic carbocycles. The molecule has 0 unspecified atom stereocenters. The zero-order chi connectivity index (χ0) is 10.0. The van der Waals surface area contributed by atoms with Crippen LogP contribution in [0.1, 0.15) is 21.6 Å². The molecule has 1 aromatic heterocycles. The molecule has 0 aliphatic rings. The number of nitrogens with zero attached hydrogens (tertiary/aromatic N) is 1. The molecule has 66 valence electrons. The van der Waals surface area contributed by atoms with Crippen molar-refractivity contribution in [2.24, 2.45) is 0 Å². The summed E-state index contributed by atoms with van der Waals surface area (Å²) in [5.41, 5.74) is -0.569. The van der Waals surface area contributed by atoms with Crippen LogP contribution in [0.3, 0.4) is 0 Å². The molecule has 2 N–H and O–H groups in total. The summed E-state index contributed by atoms with van der Waals surface area (Å²) in [4.78, 5) is 23.8. The van der Waals surface area contributed by atoms with Gasteiger partial charge >= 0.3 is 5.97 Å². The number of aryl methyl sites for hydroxylation is 1. The first-order valence-electron chi connectivity index (χ1n) is 3.43. The van der Waals surface area contributed by atoms with Crippen molar-refractivity contribution in [3.05, 3.63) is 33.2 Å². The lowest BCUT2D eigenvalue weighted by molar-refractivity contribution is 0.0695. The van der Waals surface area contributed by atoms with E-state index in [-0.39, 0.29) is 16.8 Å². The molecule has 0 saturated heterocycles. The molecule has 0 saturated carbocycles. The van der Waals surface area contributed by atoms with Crippen LogP contribution in [0.4, 0.5) is 0 Å². The van der Waals surface area contributed by atoms with Crippen molar-refractivity contribution in [1.82, 2.24) is 4.98 Å². The highest BCUT2D eigenvalue weighted by Crippen LogP contribution is 2.03. The second-order valence-electron chi connectivity index (χ2n) is 2.47. The highest BCUT2D eigenvalue weighted by atomic mass is 16.4. The Morgan fingerprint density at radius 1 is 1.69 bits per heavy atom. The van der Waals surface area contributed by atoms with E-state index in [1.807, 2.05) is 0 Å². The van der Waals surface area contributed by atoms with Crippen LogP contribution in [0.25, 0.3) is 0 Å².